The van der Waals surface area contributed by atoms with E-state index >= 15 is 0 Å². The van der Waals surface area contributed by atoms with Crippen LogP contribution in [-0.2, 0) is 4.79 Å². The minimum Gasteiger partial charge on any atom is -0.345 e. The molecule has 1 aromatic rings. The molecule has 1 amide bonds. The van der Waals surface area contributed by atoms with Crippen LogP contribution in [0.4, 0.5) is 0 Å². The number of amides is 1. The van der Waals surface area contributed by atoms with Gasteiger partial charge in [0, 0.05) is 30.7 Å². The lowest BCUT2D eigenvalue weighted by Crippen LogP contribution is -2.43. The van der Waals surface area contributed by atoms with Crippen molar-refractivity contribution in [2.75, 3.05) is 26.7 Å². The van der Waals surface area contributed by atoms with Crippen molar-refractivity contribution in [3.05, 3.63) is 34.3 Å². The summed E-state index contributed by atoms with van der Waals surface area (Å²) in [6.45, 7) is 4.16. The number of nitrogens with zero attached hydrogens (tertiary/aromatic N) is 2. The molecule has 1 aromatic carbocycles. The van der Waals surface area contributed by atoms with Gasteiger partial charge in [-0.3, -0.25) is 9.69 Å². The van der Waals surface area contributed by atoms with Crippen LogP contribution in [0.3, 0.4) is 0 Å². The average molecular weight is 340 g/mol. The van der Waals surface area contributed by atoms with E-state index in [1.807, 2.05) is 26.1 Å². The Hall–Kier alpha value is -0.910. The van der Waals surface area contributed by atoms with Gasteiger partial charge in [-0.2, -0.15) is 0 Å². The number of halogens is 1. The minimum atomic E-state index is -0.0273. The number of nitrogens with two attached hydrogens (primary N) is 1. The summed E-state index contributed by atoms with van der Waals surface area (Å²) in [5, 5.41) is 0. The summed E-state index contributed by atoms with van der Waals surface area (Å²) in [5.74, 6) is 0.170. The maximum atomic E-state index is 12.1. The van der Waals surface area contributed by atoms with Crippen molar-refractivity contribution in [3.63, 3.8) is 0 Å². The summed E-state index contributed by atoms with van der Waals surface area (Å²) in [5.41, 5.74) is 7.36. The Morgan fingerprint density at radius 1 is 1.35 bits per heavy atom. The molecule has 2 N–H and O–H groups in total. The third kappa shape index (κ3) is 3.59. The third-order valence-electron chi connectivity index (χ3n) is 3.78. The van der Waals surface area contributed by atoms with Crippen LogP contribution < -0.4 is 5.73 Å². The normalized spacial score (nSPS) is 20.6. The van der Waals surface area contributed by atoms with Crippen LogP contribution in [0.15, 0.2) is 28.7 Å². The Bertz CT molecular complexity index is 478. The smallest absolute Gasteiger partial charge is 0.236 e. The second kappa shape index (κ2) is 6.70. The van der Waals surface area contributed by atoms with E-state index in [0.717, 1.165) is 29.5 Å². The number of rotatable bonds is 3. The molecule has 2 atom stereocenters. The summed E-state index contributed by atoms with van der Waals surface area (Å²) >= 11 is 3.51. The Balaban J connectivity index is 2.26. The van der Waals surface area contributed by atoms with Gasteiger partial charge in [-0.15, -0.1) is 0 Å². The lowest BCUT2D eigenvalue weighted by molar-refractivity contribution is -0.130. The summed E-state index contributed by atoms with van der Waals surface area (Å²) in [6.07, 6.45) is 0.986. The van der Waals surface area contributed by atoms with E-state index in [9.17, 15) is 4.79 Å². The van der Waals surface area contributed by atoms with E-state index in [0.29, 0.717) is 6.54 Å². The van der Waals surface area contributed by atoms with Gasteiger partial charge in [0.25, 0.3) is 0 Å². The molecule has 2 unspecified atom stereocenters. The van der Waals surface area contributed by atoms with Crippen LogP contribution in [-0.4, -0.2) is 48.4 Å². The molecule has 110 valence electrons. The van der Waals surface area contributed by atoms with Crippen molar-refractivity contribution in [1.29, 1.82) is 0 Å². The van der Waals surface area contributed by atoms with Gasteiger partial charge in [0.2, 0.25) is 5.91 Å². The maximum Gasteiger partial charge on any atom is 0.236 e. The molecule has 1 saturated heterocycles. The van der Waals surface area contributed by atoms with Crippen molar-refractivity contribution in [3.8, 4) is 0 Å². The van der Waals surface area contributed by atoms with Crippen molar-refractivity contribution < 1.29 is 4.79 Å². The van der Waals surface area contributed by atoms with Gasteiger partial charge < -0.3 is 10.6 Å². The molecule has 0 aliphatic carbocycles. The molecular weight excluding hydrogens is 318 g/mol. The molecule has 1 aliphatic heterocycles. The number of hydrogen-bond donors (Lipinski definition) is 1. The third-order valence-corrected chi connectivity index (χ3v) is 4.28. The van der Waals surface area contributed by atoms with Crippen molar-refractivity contribution >= 4 is 21.8 Å². The minimum absolute atomic E-state index is 0.0273. The van der Waals surface area contributed by atoms with Gasteiger partial charge >= 0.3 is 0 Å². The molecular formula is C15H22BrN3O. The van der Waals surface area contributed by atoms with Crippen LogP contribution >= 0.6 is 15.9 Å². The second-order valence-electron chi connectivity index (χ2n) is 5.50. The maximum absolute atomic E-state index is 12.1. The summed E-state index contributed by atoms with van der Waals surface area (Å²) in [4.78, 5) is 16.1. The Morgan fingerprint density at radius 2 is 2.10 bits per heavy atom. The van der Waals surface area contributed by atoms with E-state index in [1.54, 1.807) is 4.90 Å². The zero-order valence-corrected chi connectivity index (χ0v) is 13.6. The standard InChI is InChI=1S/C15H22BrN3O/c1-11(17)15(12-5-3-6-13(16)9-12)19-8-4-7-18(2)14(20)10-19/h3,5-6,9,11,15H,4,7-8,10,17H2,1-2H3. The zero-order chi connectivity index (χ0) is 14.7. The van der Waals surface area contributed by atoms with Crippen LogP contribution in [0.5, 0.6) is 0 Å². The molecule has 0 saturated carbocycles. The Labute approximate surface area is 129 Å². The predicted molar refractivity (Wildman–Crippen MR) is 84.4 cm³/mol. The van der Waals surface area contributed by atoms with Crippen molar-refractivity contribution in [1.82, 2.24) is 9.80 Å². The molecule has 0 spiro atoms. The fourth-order valence-electron chi connectivity index (χ4n) is 2.78. The molecule has 1 fully saturated rings. The van der Waals surface area contributed by atoms with Crippen LogP contribution in [0.25, 0.3) is 0 Å². The zero-order valence-electron chi connectivity index (χ0n) is 12.1. The number of benzene rings is 1. The topological polar surface area (TPSA) is 49.6 Å². The van der Waals surface area contributed by atoms with Crippen LogP contribution in [0.1, 0.15) is 24.9 Å². The predicted octanol–water partition coefficient (Wildman–Crippen LogP) is 2.00. The van der Waals surface area contributed by atoms with Crippen LogP contribution in [0.2, 0.25) is 0 Å². The van der Waals surface area contributed by atoms with Gasteiger partial charge in [-0.25, -0.2) is 0 Å². The summed E-state index contributed by atoms with van der Waals surface area (Å²) in [7, 11) is 1.87. The molecule has 1 aliphatic rings. The van der Waals surface area contributed by atoms with Gasteiger partial charge in [0.1, 0.15) is 0 Å². The molecule has 0 aromatic heterocycles. The quantitative estimate of drug-likeness (QED) is 0.916. The molecule has 5 heteroatoms. The van der Waals surface area contributed by atoms with Gasteiger partial charge in [-0.05, 0) is 31.0 Å². The largest absolute Gasteiger partial charge is 0.345 e. The van der Waals surface area contributed by atoms with E-state index in [4.69, 9.17) is 5.73 Å². The van der Waals surface area contributed by atoms with Crippen molar-refractivity contribution in [2.45, 2.75) is 25.4 Å². The van der Waals surface area contributed by atoms with Crippen molar-refractivity contribution in [2.24, 2.45) is 5.73 Å². The lowest BCUT2D eigenvalue weighted by Gasteiger charge is -2.33. The van der Waals surface area contributed by atoms with Crippen LogP contribution in [0, 0.1) is 0 Å². The number of carbonyl (C=O) groups excluding carboxylic acids is 1. The number of hydrogen-bond acceptors (Lipinski definition) is 3. The Kier molecular flexibility index (Phi) is 5.18. The molecule has 20 heavy (non-hydrogen) atoms. The molecule has 4 nitrogen and oxygen atoms in total. The highest BCUT2D eigenvalue weighted by Gasteiger charge is 2.28. The van der Waals surface area contributed by atoms with Gasteiger partial charge in [0.15, 0.2) is 0 Å². The first kappa shape index (κ1) is 15.5. The molecule has 1 heterocycles. The van der Waals surface area contributed by atoms with E-state index in [-0.39, 0.29) is 18.0 Å². The van der Waals surface area contributed by atoms with Gasteiger partial charge in [-0.1, -0.05) is 28.1 Å². The number of carbonyl (C=O) groups is 1. The lowest BCUT2D eigenvalue weighted by atomic mass is 9.99. The van der Waals surface area contributed by atoms with Gasteiger partial charge in [0.05, 0.1) is 12.6 Å². The first-order valence-electron chi connectivity index (χ1n) is 6.98. The summed E-state index contributed by atoms with van der Waals surface area (Å²) < 4.78 is 1.04. The molecule has 0 bridgehead atoms. The molecule has 2 rings (SSSR count). The highest BCUT2D eigenvalue weighted by Crippen LogP contribution is 2.27. The first-order valence-corrected chi connectivity index (χ1v) is 7.77. The highest BCUT2D eigenvalue weighted by atomic mass is 79.9. The first-order chi connectivity index (χ1) is 9.49. The fourth-order valence-corrected chi connectivity index (χ4v) is 3.20. The van der Waals surface area contributed by atoms with E-state index < -0.39 is 0 Å². The highest BCUT2D eigenvalue weighted by molar-refractivity contribution is 9.10. The second-order valence-corrected chi connectivity index (χ2v) is 6.41. The molecule has 0 radical (unpaired) electrons. The SMILES string of the molecule is CC(N)C(c1cccc(Br)c1)N1CCCN(C)C(=O)C1. The fraction of sp³-hybridized carbons (Fsp3) is 0.533. The average Bonchev–Trinajstić information content (AvgIpc) is 2.52. The Morgan fingerprint density at radius 3 is 2.75 bits per heavy atom. The van der Waals surface area contributed by atoms with E-state index in [1.165, 1.54) is 0 Å². The monoisotopic (exact) mass is 339 g/mol. The summed E-state index contributed by atoms with van der Waals surface area (Å²) in [6, 6.07) is 8.23. The number of likely N-dealkylation sites (N-methyl/N-ethyl adjacent to an activating group) is 1. The van der Waals surface area contributed by atoms with E-state index in [2.05, 4.69) is 33.0 Å².